The minimum atomic E-state index is -0.484. The molecule has 3 aromatic rings. The van der Waals surface area contributed by atoms with E-state index in [-0.39, 0.29) is 12.5 Å². The molecule has 2 heterocycles. The van der Waals surface area contributed by atoms with Crippen LogP contribution in [-0.2, 0) is 18.4 Å². The van der Waals surface area contributed by atoms with Crippen LogP contribution in [0.1, 0.15) is 16.2 Å². The maximum atomic E-state index is 11.7. The van der Waals surface area contributed by atoms with Gasteiger partial charge in [0.15, 0.2) is 6.61 Å². The quantitative estimate of drug-likeness (QED) is 0.680. The van der Waals surface area contributed by atoms with Crippen molar-refractivity contribution in [2.75, 3.05) is 0 Å². The second kappa shape index (κ2) is 5.58. The van der Waals surface area contributed by atoms with Crippen molar-refractivity contribution in [1.82, 2.24) is 20.0 Å². The Morgan fingerprint density at radius 1 is 1.29 bits per heavy atom. The minimum absolute atomic E-state index is 0.0758. The monoisotopic (exact) mass is 284 g/mol. The van der Waals surface area contributed by atoms with E-state index in [1.165, 1.54) is 10.9 Å². The number of aryl methyl sites for hydroxylation is 1. The van der Waals surface area contributed by atoms with Crippen LogP contribution in [-0.4, -0.2) is 25.9 Å². The molecule has 7 heteroatoms. The molecule has 1 aromatic carbocycles. The molecule has 0 amide bonds. The van der Waals surface area contributed by atoms with E-state index in [1.54, 1.807) is 13.2 Å². The van der Waals surface area contributed by atoms with E-state index in [0.29, 0.717) is 11.5 Å². The molecule has 0 saturated carbocycles. The number of aromatic nitrogens is 4. The molecule has 0 aliphatic carbocycles. The molecule has 0 bridgehead atoms. The highest BCUT2D eigenvalue weighted by Crippen LogP contribution is 2.17. The van der Waals surface area contributed by atoms with Crippen LogP contribution in [0.15, 0.2) is 47.1 Å². The molecule has 0 N–H and O–H groups in total. The van der Waals surface area contributed by atoms with E-state index in [4.69, 9.17) is 9.15 Å². The first kappa shape index (κ1) is 13.0. The summed E-state index contributed by atoms with van der Waals surface area (Å²) in [5, 5.41) is 11.7. The number of carbonyl (C=O) groups excluding carboxylic acids is 1. The smallest absolute Gasteiger partial charge is 0.341 e. The van der Waals surface area contributed by atoms with Crippen molar-refractivity contribution in [3.63, 3.8) is 0 Å². The number of ether oxygens (including phenoxy) is 1. The van der Waals surface area contributed by atoms with Crippen LogP contribution < -0.4 is 0 Å². The lowest BCUT2D eigenvalue weighted by atomic mass is 10.2. The summed E-state index contributed by atoms with van der Waals surface area (Å²) in [5.41, 5.74) is 1.19. The maximum Gasteiger partial charge on any atom is 0.341 e. The SMILES string of the molecule is Cn1cc(C(=O)OCc2nnc(-c3ccccc3)o2)cn1. The summed E-state index contributed by atoms with van der Waals surface area (Å²) < 4.78 is 12.1. The molecular formula is C14H12N4O3. The van der Waals surface area contributed by atoms with Gasteiger partial charge in [-0.1, -0.05) is 18.2 Å². The van der Waals surface area contributed by atoms with Crippen molar-refractivity contribution in [1.29, 1.82) is 0 Å². The number of hydrogen-bond acceptors (Lipinski definition) is 6. The van der Waals surface area contributed by atoms with Crippen molar-refractivity contribution < 1.29 is 13.9 Å². The van der Waals surface area contributed by atoms with Crippen LogP contribution in [0.2, 0.25) is 0 Å². The standard InChI is InChI=1S/C14H12N4O3/c1-18-8-11(7-15-18)14(19)20-9-12-16-17-13(21-12)10-5-3-2-4-6-10/h2-8H,9H2,1H3. The lowest BCUT2D eigenvalue weighted by Crippen LogP contribution is -2.04. The van der Waals surface area contributed by atoms with Gasteiger partial charge in [-0.25, -0.2) is 4.79 Å². The largest absolute Gasteiger partial charge is 0.452 e. The van der Waals surface area contributed by atoms with Crippen LogP contribution >= 0.6 is 0 Å². The summed E-state index contributed by atoms with van der Waals surface area (Å²) >= 11 is 0. The van der Waals surface area contributed by atoms with Crippen LogP contribution in [0.3, 0.4) is 0 Å². The van der Waals surface area contributed by atoms with Crippen molar-refractivity contribution in [2.24, 2.45) is 7.05 Å². The van der Waals surface area contributed by atoms with Crippen molar-refractivity contribution >= 4 is 5.97 Å². The highest BCUT2D eigenvalue weighted by atomic mass is 16.5. The van der Waals surface area contributed by atoms with Gasteiger partial charge in [0, 0.05) is 18.8 Å². The summed E-state index contributed by atoms with van der Waals surface area (Å²) in [7, 11) is 1.72. The molecule has 0 atom stereocenters. The number of benzene rings is 1. The Balaban J connectivity index is 1.64. The third-order valence-electron chi connectivity index (χ3n) is 2.75. The van der Waals surface area contributed by atoms with Gasteiger partial charge in [-0.05, 0) is 12.1 Å². The molecular weight excluding hydrogens is 272 g/mol. The Morgan fingerprint density at radius 2 is 2.10 bits per heavy atom. The molecule has 0 spiro atoms. The topological polar surface area (TPSA) is 83.0 Å². The maximum absolute atomic E-state index is 11.7. The second-order valence-corrected chi connectivity index (χ2v) is 4.35. The summed E-state index contributed by atoms with van der Waals surface area (Å²) in [5.74, 6) is 0.150. The predicted octanol–water partition coefficient (Wildman–Crippen LogP) is 1.83. The zero-order valence-electron chi connectivity index (χ0n) is 11.3. The fraction of sp³-hybridized carbons (Fsp3) is 0.143. The van der Waals surface area contributed by atoms with Crippen molar-refractivity contribution in [2.45, 2.75) is 6.61 Å². The molecule has 106 valence electrons. The zero-order chi connectivity index (χ0) is 14.7. The van der Waals surface area contributed by atoms with Gasteiger partial charge in [-0.2, -0.15) is 5.10 Å². The molecule has 0 radical (unpaired) electrons. The Labute approximate surface area is 120 Å². The lowest BCUT2D eigenvalue weighted by Gasteiger charge is -1.98. The average Bonchev–Trinajstić information content (AvgIpc) is 3.15. The number of carbonyl (C=O) groups is 1. The predicted molar refractivity (Wildman–Crippen MR) is 72.1 cm³/mol. The van der Waals surface area contributed by atoms with E-state index < -0.39 is 5.97 Å². The summed E-state index contributed by atoms with van der Waals surface area (Å²) in [6, 6.07) is 9.37. The van der Waals surface area contributed by atoms with E-state index in [0.717, 1.165) is 5.56 Å². The van der Waals surface area contributed by atoms with Gasteiger partial charge in [-0.15, -0.1) is 10.2 Å². The molecule has 0 aliphatic heterocycles. The Morgan fingerprint density at radius 3 is 2.81 bits per heavy atom. The number of rotatable bonds is 4. The molecule has 3 rings (SSSR count). The molecule has 0 aliphatic rings. The van der Waals surface area contributed by atoms with Crippen LogP contribution in [0.5, 0.6) is 0 Å². The summed E-state index contributed by atoms with van der Waals surface area (Å²) in [6.45, 7) is -0.0758. The van der Waals surface area contributed by atoms with E-state index in [2.05, 4.69) is 15.3 Å². The number of nitrogens with zero attached hydrogens (tertiary/aromatic N) is 4. The molecule has 21 heavy (non-hydrogen) atoms. The Bertz CT molecular complexity index is 748. The van der Waals surface area contributed by atoms with Gasteiger partial charge in [0.25, 0.3) is 5.89 Å². The molecule has 0 unspecified atom stereocenters. The summed E-state index contributed by atoms with van der Waals surface area (Å²) in [6.07, 6.45) is 3.01. The van der Waals surface area contributed by atoms with Crippen LogP contribution in [0.4, 0.5) is 0 Å². The lowest BCUT2D eigenvalue weighted by molar-refractivity contribution is 0.0438. The highest BCUT2D eigenvalue weighted by molar-refractivity contribution is 5.88. The molecule has 0 fully saturated rings. The number of esters is 1. The van der Waals surface area contributed by atoms with Crippen LogP contribution in [0.25, 0.3) is 11.5 Å². The minimum Gasteiger partial charge on any atom is -0.452 e. The first-order valence-electron chi connectivity index (χ1n) is 6.26. The third kappa shape index (κ3) is 2.97. The number of hydrogen-bond donors (Lipinski definition) is 0. The van der Waals surface area contributed by atoms with E-state index >= 15 is 0 Å². The summed E-state index contributed by atoms with van der Waals surface area (Å²) in [4.78, 5) is 11.7. The average molecular weight is 284 g/mol. The molecule has 0 saturated heterocycles. The van der Waals surface area contributed by atoms with Gasteiger partial charge in [0.05, 0.1) is 11.8 Å². The highest BCUT2D eigenvalue weighted by Gasteiger charge is 2.13. The molecule has 7 nitrogen and oxygen atoms in total. The van der Waals surface area contributed by atoms with Gasteiger partial charge in [-0.3, -0.25) is 4.68 Å². The van der Waals surface area contributed by atoms with Gasteiger partial charge in [0.1, 0.15) is 0 Å². The van der Waals surface area contributed by atoms with E-state index in [9.17, 15) is 4.79 Å². The third-order valence-corrected chi connectivity index (χ3v) is 2.75. The van der Waals surface area contributed by atoms with Crippen LogP contribution in [0, 0.1) is 0 Å². The van der Waals surface area contributed by atoms with Gasteiger partial charge in [0.2, 0.25) is 5.89 Å². The zero-order valence-corrected chi connectivity index (χ0v) is 11.3. The van der Waals surface area contributed by atoms with E-state index in [1.807, 2.05) is 30.3 Å². The fourth-order valence-electron chi connectivity index (χ4n) is 1.75. The first-order valence-corrected chi connectivity index (χ1v) is 6.26. The fourth-order valence-corrected chi connectivity index (χ4v) is 1.75. The molecule has 2 aromatic heterocycles. The second-order valence-electron chi connectivity index (χ2n) is 4.35. The van der Waals surface area contributed by atoms with Crippen molar-refractivity contribution in [3.8, 4) is 11.5 Å². The van der Waals surface area contributed by atoms with Crippen molar-refractivity contribution in [3.05, 3.63) is 54.2 Å². The van der Waals surface area contributed by atoms with Gasteiger partial charge < -0.3 is 9.15 Å². The normalized spacial score (nSPS) is 10.5. The Hall–Kier alpha value is -2.96. The van der Waals surface area contributed by atoms with Gasteiger partial charge >= 0.3 is 5.97 Å². The first-order chi connectivity index (χ1) is 10.2. The Kier molecular flexibility index (Phi) is 3.46.